The number of hydrogen-bond acceptors (Lipinski definition) is 3. The molecule has 0 fully saturated rings. The molecule has 0 aliphatic heterocycles. The van der Waals surface area contributed by atoms with E-state index in [4.69, 9.17) is 5.73 Å². The lowest BCUT2D eigenvalue weighted by atomic mass is 9.93. The fourth-order valence-electron chi connectivity index (χ4n) is 1.99. The van der Waals surface area contributed by atoms with Crippen molar-refractivity contribution in [3.63, 3.8) is 0 Å². The van der Waals surface area contributed by atoms with E-state index < -0.39 is 6.10 Å². The lowest BCUT2D eigenvalue weighted by Crippen LogP contribution is -2.19. The summed E-state index contributed by atoms with van der Waals surface area (Å²) in [5.41, 5.74) is 7.88. The van der Waals surface area contributed by atoms with Gasteiger partial charge in [-0.2, -0.15) is 0 Å². The molecule has 0 spiro atoms. The number of nitrogens with two attached hydrogens (primary N) is 1. The first-order valence-electron chi connectivity index (χ1n) is 5.70. The van der Waals surface area contributed by atoms with Gasteiger partial charge in [-0.05, 0) is 23.9 Å². The summed E-state index contributed by atoms with van der Waals surface area (Å²) >= 11 is 1.64. The van der Waals surface area contributed by atoms with Crippen LogP contribution in [0.5, 0.6) is 0 Å². The Balaban J connectivity index is 2.26. The second kappa shape index (κ2) is 5.45. The summed E-state index contributed by atoms with van der Waals surface area (Å²) in [5.74, 6) is -0.0169. The van der Waals surface area contributed by atoms with E-state index in [0.717, 1.165) is 16.0 Å². The van der Waals surface area contributed by atoms with Crippen LogP contribution in [0, 0.1) is 6.92 Å². The van der Waals surface area contributed by atoms with E-state index in [2.05, 4.69) is 0 Å². The lowest BCUT2D eigenvalue weighted by molar-refractivity contribution is 0.149. The van der Waals surface area contributed by atoms with Crippen molar-refractivity contribution in [2.45, 2.75) is 18.9 Å². The Labute approximate surface area is 106 Å². The van der Waals surface area contributed by atoms with Gasteiger partial charge in [0.1, 0.15) is 0 Å². The van der Waals surface area contributed by atoms with Gasteiger partial charge in [0.25, 0.3) is 0 Å². The molecule has 2 aromatic rings. The third kappa shape index (κ3) is 2.75. The van der Waals surface area contributed by atoms with Gasteiger partial charge >= 0.3 is 0 Å². The van der Waals surface area contributed by atoms with Crippen LogP contribution in [0.1, 0.15) is 28.0 Å². The molecule has 2 nitrogen and oxygen atoms in total. The van der Waals surface area contributed by atoms with Crippen LogP contribution in [0.2, 0.25) is 0 Å². The average molecular weight is 247 g/mol. The fourth-order valence-corrected chi connectivity index (χ4v) is 2.86. The van der Waals surface area contributed by atoms with E-state index in [1.54, 1.807) is 11.3 Å². The maximum atomic E-state index is 10.4. The van der Waals surface area contributed by atoms with Crippen molar-refractivity contribution in [1.29, 1.82) is 0 Å². The van der Waals surface area contributed by atoms with Gasteiger partial charge in [0.15, 0.2) is 0 Å². The first kappa shape index (κ1) is 12.3. The first-order valence-corrected chi connectivity index (χ1v) is 6.58. The van der Waals surface area contributed by atoms with Crippen molar-refractivity contribution in [3.8, 4) is 0 Å². The molecular weight excluding hydrogens is 230 g/mol. The smallest absolute Gasteiger partial charge is 0.0878 e. The van der Waals surface area contributed by atoms with E-state index in [0.29, 0.717) is 6.54 Å². The van der Waals surface area contributed by atoms with Crippen molar-refractivity contribution in [2.75, 3.05) is 6.54 Å². The van der Waals surface area contributed by atoms with Gasteiger partial charge in [-0.3, -0.25) is 0 Å². The minimum atomic E-state index is -0.529. The molecule has 3 heteroatoms. The molecule has 0 amide bonds. The van der Waals surface area contributed by atoms with E-state index in [1.807, 2.05) is 48.7 Å². The molecule has 0 aliphatic rings. The molecule has 0 bridgehead atoms. The van der Waals surface area contributed by atoms with Crippen LogP contribution in [-0.2, 0) is 0 Å². The lowest BCUT2D eigenvalue weighted by Gasteiger charge is -2.21. The van der Waals surface area contributed by atoms with Gasteiger partial charge < -0.3 is 10.8 Å². The zero-order valence-corrected chi connectivity index (χ0v) is 10.7. The van der Waals surface area contributed by atoms with Gasteiger partial charge in [0, 0.05) is 17.3 Å². The van der Waals surface area contributed by atoms with Gasteiger partial charge in [0.2, 0.25) is 0 Å². The standard InChI is InChI=1S/C14H17NOS/c1-10-4-2-5-11(8-10)14(16)12(9-15)13-6-3-7-17-13/h2-8,12,14,16H,9,15H2,1H3. The third-order valence-corrected chi connectivity index (χ3v) is 3.93. The Morgan fingerprint density at radius 2 is 2.12 bits per heavy atom. The predicted octanol–water partition coefficient (Wildman–Crippen LogP) is 2.83. The Morgan fingerprint density at radius 1 is 1.29 bits per heavy atom. The molecule has 17 heavy (non-hydrogen) atoms. The van der Waals surface area contributed by atoms with Crippen LogP contribution in [0.3, 0.4) is 0 Å². The fraction of sp³-hybridized carbons (Fsp3) is 0.286. The van der Waals surface area contributed by atoms with Gasteiger partial charge in [-0.25, -0.2) is 0 Å². The van der Waals surface area contributed by atoms with E-state index in [1.165, 1.54) is 0 Å². The summed E-state index contributed by atoms with van der Waals surface area (Å²) in [6, 6.07) is 12.0. The number of aliphatic hydroxyl groups is 1. The van der Waals surface area contributed by atoms with Crippen LogP contribution in [0.4, 0.5) is 0 Å². The number of thiophene rings is 1. The molecule has 1 aromatic carbocycles. The van der Waals surface area contributed by atoms with E-state index in [9.17, 15) is 5.11 Å². The van der Waals surface area contributed by atoms with Crippen molar-refractivity contribution >= 4 is 11.3 Å². The molecule has 0 saturated carbocycles. The van der Waals surface area contributed by atoms with Gasteiger partial charge in [-0.1, -0.05) is 35.9 Å². The minimum absolute atomic E-state index is 0.0169. The van der Waals surface area contributed by atoms with Gasteiger partial charge in [0.05, 0.1) is 6.10 Å². The van der Waals surface area contributed by atoms with Crippen molar-refractivity contribution in [2.24, 2.45) is 5.73 Å². The Morgan fingerprint density at radius 3 is 2.71 bits per heavy atom. The van der Waals surface area contributed by atoms with Crippen LogP contribution in [-0.4, -0.2) is 11.7 Å². The quantitative estimate of drug-likeness (QED) is 0.872. The maximum absolute atomic E-state index is 10.4. The van der Waals surface area contributed by atoms with E-state index >= 15 is 0 Å². The summed E-state index contributed by atoms with van der Waals surface area (Å²) in [4.78, 5) is 1.14. The third-order valence-electron chi connectivity index (χ3n) is 2.93. The molecule has 3 N–H and O–H groups in total. The molecule has 0 radical (unpaired) electrons. The Hall–Kier alpha value is -1.16. The normalized spacial score (nSPS) is 14.5. The highest BCUT2D eigenvalue weighted by Crippen LogP contribution is 2.32. The molecule has 2 rings (SSSR count). The molecule has 2 atom stereocenters. The monoisotopic (exact) mass is 247 g/mol. The summed E-state index contributed by atoms with van der Waals surface area (Å²) < 4.78 is 0. The Bertz CT molecular complexity index is 467. The largest absolute Gasteiger partial charge is 0.388 e. The Kier molecular flexibility index (Phi) is 3.94. The summed E-state index contributed by atoms with van der Waals surface area (Å²) in [6.45, 7) is 2.48. The number of benzene rings is 1. The summed E-state index contributed by atoms with van der Waals surface area (Å²) in [5, 5.41) is 12.4. The van der Waals surface area contributed by atoms with E-state index in [-0.39, 0.29) is 5.92 Å². The summed E-state index contributed by atoms with van der Waals surface area (Å²) in [7, 11) is 0. The highest BCUT2D eigenvalue weighted by molar-refractivity contribution is 7.10. The van der Waals surface area contributed by atoms with Gasteiger partial charge in [-0.15, -0.1) is 11.3 Å². The molecular formula is C14H17NOS. The van der Waals surface area contributed by atoms with Crippen molar-refractivity contribution in [3.05, 3.63) is 57.8 Å². The SMILES string of the molecule is Cc1cccc(C(O)C(CN)c2cccs2)c1. The number of aliphatic hydroxyl groups excluding tert-OH is 1. The van der Waals surface area contributed by atoms with Crippen molar-refractivity contribution in [1.82, 2.24) is 0 Å². The van der Waals surface area contributed by atoms with Crippen molar-refractivity contribution < 1.29 is 5.11 Å². The minimum Gasteiger partial charge on any atom is -0.388 e. The van der Waals surface area contributed by atoms with Crippen LogP contribution < -0.4 is 5.73 Å². The number of rotatable bonds is 4. The molecule has 0 aliphatic carbocycles. The molecule has 1 heterocycles. The zero-order valence-electron chi connectivity index (χ0n) is 9.84. The molecule has 0 saturated heterocycles. The highest BCUT2D eigenvalue weighted by atomic mass is 32.1. The topological polar surface area (TPSA) is 46.2 Å². The molecule has 2 unspecified atom stereocenters. The predicted molar refractivity (Wildman–Crippen MR) is 72.3 cm³/mol. The number of hydrogen-bond donors (Lipinski definition) is 2. The average Bonchev–Trinajstić information content (AvgIpc) is 2.83. The van der Waals surface area contributed by atoms with Crippen LogP contribution in [0.15, 0.2) is 41.8 Å². The van der Waals surface area contributed by atoms with Crippen LogP contribution >= 0.6 is 11.3 Å². The summed E-state index contributed by atoms with van der Waals surface area (Å²) in [6.07, 6.45) is -0.529. The second-order valence-electron chi connectivity index (χ2n) is 4.22. The molecule has 90 valence electrons. The second-order valence-corrected chi connectivity index (χ2v) is 5.20. The maximum Gasteiger partial charge on any atom is 0.0878 e. The van der Waals surface area contributed by atoms with Crippen LogP contribution in [0.25, 0.3) is 0 Å². The number of aryl methyl sites for hydroxylation is 1. The zero-order chi connectivity index (χ0) is 12.3. The first-order chi connectivity index (χ1) is 8.22. The highest BCUT2D eigenvalue weighted by Gasteiger charge is 2.22. The molecule has 1 aromatic heterocycles.